The summed E-state index contributed by atoms with van der Waals surface area (Å²) in [6.07, 6.45) is 2.19. The third-order valence-corrected chi connectivity index (χ3v) is 11.8. The number of thiophene rings is 1. The van der Waals surface area contributed by atoms with Gasteiger partial charge in [0.15, 0.2) is 0 Å². The van der Waals surface area contributed by atoms with Crippen molar-refractivity contribution in [3.63, 3.8) is 0 Å². The lowest BCUT2D eigenvalue weighted by Gasteiger charge is -2.44. The minimum Gasteiger partial charge on any atom is -0.378 e. The Morgan fingerprint density at radius 1 is 1.06 bits per heavy atom. The predicted octanol–water partition coefficient (Wildman–Crippen LogP) is 2.49. The van der Waals surface area contributed by atoms with Crippen LogP contribution in [-0.4, -0.2) is 118 Å². The summed E-state index contributed by atoms with van der Waals surface area (Å²) in [4.78, 5) is 77.7. The highest BCUT2D eigenvalue weighted by atomic mass is 32.1. The van der Waals surface area contributed by atoms with Gasteiger partial charge in [-0.15, -0.1) is 11.3 Å². The number of hydrogen-bond acceptors (Lipinski definition) is 8. The molecule has 0 bridgehead atoms. The molecule has 1 aromatic carbocycles. The third kappa shape index (κ3) is 6.75. The van der Waals surface area contributed by atoms with E-state index in [4.69, 9.17) is 19.3 Å². The van der Waals surface area contributed by atoms with Crippen LogP contribution in [0, 0.1) is 5.92 Å². The van der Waals surface area contributed by atoms with Crippen molar-refractivity contribution in [2.45, 2.75) is 68.9 Å². The second-order valence-corrected chi connectivity index (χ2v) is 15.5. The fraction of sp³-hybridized carbons (Fsp3) is 0.613. The van der Waals surface area contributed by atoms with Gasteiger partial charge in [0, 0.05) is 55.5 Å². The van der Waals surface area contributed by atoms with Crippen LogP contribution in [0.25, 0.3) is 10.1 Å². The zero-order chi connectivity index (χ0) is 34.4. The molecule has 1 unspecified atom stereocenters. The van der Waals surface area contributed by atoms with Crippen molar-refractivity contribution < 1.29 is 51.8 Å². The van der Waals surface area contributed by atoms with Crippen LogP contribution in [0.3, 0.4) is 0 Å². The van der Waals surface area contributed by atoms with E-state index in [1.165, 1.54) is 12.1 Å². The summed E-state index contributed by atoms with van der Waals surface area (Å²) in [7, 11) is -5.78. The van der Waals surface area contributed by atoms with E-state index < -0.39 is 42.7 Å². The van der Waals surface area contributed by atoms with Crippen molar-refractivity contribution in [3.05, 3.63) is 34.7 Å². The summed E-state index contributed by atoms with van der Waals surface area (Å²) in [6.45, 7) is 4.87. The Morgan fingerprint density at radius 3 is 2.46 bits per heavy atom. The predicted molar refractivity (Wildman–Crippen MR) is 169 cm³/mol. The molecule has 4 saturated heterocycles. The largest absolute Gasteiger partial charge is 0.399 e. The maximum absolute atomic E-state index is 14.3. The molecule has 4 aliphatic rings. The van der Waals surface area contributed by atoms with Crippen LogP contribution in [0.4, 0.5) is 8.78 Å². The van der Waals surface area contributed by atoms with Crippen molar-refractivity contribution in [2.75, 3.05) is 46.0 Å². The number of fused-ring (bicyclic) bond motifs is 2. The number of carbonyl (C=O) groups excluding carboxylic acids is 4. The molecular weight excluding hydrogens is 673 g/mol. The highest BCUT2D eigenvalue weighted by Gasteiger charge is 2.51. The second kappa shape index (κ2) is 13.7. The van der Waals surface area contributed by atoms with Gasteiger partial charge in [-0.2, -0.15) is 8.78 Å². The quantitative estimate of drug-likeness (QED) is 0.349. The van der Waals surface area contributed by atoms with E-state index in [2.05, 4.69) is 5.32 Å². The molecule has 48 heavy (non-hydrogen) atoms. The van der Waals surface area contributed by atoms with Gasteiger partial charge in [0.05, 0.1) is 30.1 Å². The number of benzene rings is 1. The zero-order valence-corrected chi connectivity index (χ0v) is 28.1. The van der Waals surface area contributed by atoms with Gasteiger partial charge in [0.2, 0.25) is 17.7 Å². The summed E-state index contributed by atoms with van der Waals surface area (Å²) >= 11 is 0.989. The summed E-state index contributed by atoms with van der Waals surface area (Å²) < 4.78 is 51.7. The van der Waals surface area contributed by atoms with Crippen LogP contribution < -0.4 is 5.32 Å². The lowest BCUT2D eigenvalue weighted by atomic mass is 9.95. The Kier molecular flexibility index (Phi) is 9.95. The molecule has 4 fully saturated rings. The van der Waals surface area contributed by atoms with E-state index >= 15 is 0 Å². The highest BCUT2D eigenvalue weighted by Crippen LogP contribution is 2.59. The molecule has 0 spiro atoms. The first kappa shape index (κ1) is 34.8. The Morgan fingerprint density at radius 2 is 1.77 bits per heavy atom. The molecule has 3 N–H and O–H groups in total. The van der Waals surface area contributed by atoms with Crippen molar-refractivity contribution >= 4 is 52.6 Å². The van der Waals surface area contributed by atoms with Gasteiger partial charge in [-0.1, -0.05) is 6.07 Å². The standard InChI is InChI=1S/C31H39F2N4O9PS/c1-2-46-22-6-4-21-5-7-24(30(41)36-16-19(17-36)28(39)35-9-11-45-12-10-35)37(21)29(40)23(15-22)34-27(38)26-14-18-13-20(3-8-25(18)48-26)31(32,33)47(42,43)44/h3,8,13-14,19,21-24H,2,4-7,9-12,15-17H2,1H3,(H,34,38)(H2,42,43,44)/t21-,22-,23?,24-/m0/s1. The summed E-state index contributed by atoms with van der Waals surface area (Å²) in [6, 6.07) is 2.48. The molecule has 6 rings (SSSR count). The fourth-order valence-electron chi connectivity index (χ4n) is 7.10. The van der Waals surface area contributed by atoms with E-state index in [1.807, 2.05) is 6.92 Å². The SMILES string of the molecule is CCO[C@H]1CC[C@H]2CC[C@@H](C(=O)N3CC(C(=O)N4CCOCC4)C3)N2C(=O)C(NC(=O)c2cc3cc(C(F)(F)P(=O)(O)O)ccc3s2)C1. The highest BCUT2D eigenvalue weighted by molar-refractivity contribution is 7.52. The molecule has 0 radical (unpaired) electrons. The Hall–Kier alpha value is -3.01. The normalized spacial score (nSPS) is 25.8. The molecule has 4 aliphatic heterocycles. The smallest absolute Gasteiger partial charge is 0.378 e. The number of amides is 4. The number of hydrogen-bond donors (Lipinski definition) is 3. The molecule has 13 nitrogen and oxygen atoms in total. The number of halogens is 2. The second-order valence-electron chi connectivity index (χ2n) is 12.7. The van der Waals surface area contributed by atoms with Gasteiger partial charge in [0.25, 0.3) is 5.91 Å². The molecule has 5 heterocycles. The van der Waals surface area contributed by atoms with Crippen LogP contribution in [0.15, 0.2) is 24.3 Å². The van der Waals surface area contributed by atoms with Crippen LogP contribution in [0.2, 0.25) is 0 Å². The van der Waals surface area contributed by atoms with Crippen LogP contribution in [0.5, 0.6) is 0 Å². The van der Waals surface area contributed by atoms with E-state index in [-0.39, 0.29) is 46.6 Å². The molecule has 0 aliphatic carbocycles. The Balaban J connectivity index is 1.17. The lowest BCUT2D eigenvalue weighted by molar-refractivity contribution is -0.157. The minimum absolute atomic E-state index is 0.00620. The van der Waals surface area contributed by atoms with Crippen molar-refractivity contribution in [1.29, 1.82) is 0 Å². The molecule has 1 aromatic heterocycles. The Labute approximate surface area is 279 Å². The topological polar surface area (TPSA) is 166 Å². The van der Waals surface area contributed by atoms with E-state index in [0.29, 0.717) is 76.4 Å². The van der Waals surface area contributed by atoms with Gasteiger partial charge in [-0.3, -0.25) is 23.7 Å². The third-order valence-electron chi connectivity index (χ3n) is 9.69. The number of alkyl halides is 2. The summed E-state index contributed by atoms with van der Waals surface area (Å²) in [5.41, 5.74) is -5.28. The molecule has 17 heteroatoms. The van der Waals surface area contributed by atoms with Gasteiger partial charge >= 0.3 is 13.3 Å². The van der Waals surface area contributed by atoms with Crippen LogP contribution in [0.1, 0.15) is 54.3 Å². The number of ether oxygens (including phenoxy) is 2. The van der Waals surface area contributed by atoms with Crippen molar-refractivity contribution in [2.24, 2.45) is 5.92 Å². The van der Waals surface area contributed by atoms with Crippen LogP contribution >= 0.6 is 18.9 Å². The maximum atomic E-state index is 14.3. The average molecular weight is 713 g/mol. The molecule has 4 atom stereocenters. The minimum atomic E-state index is -5.78. The Bertz CT molecular complexity index is 1620. The van der Waals surface area contributed by atoms with Gasteiger partial charge in [-0.05, 0) is 56.2 Å². The van der Waals surface area contributed by atoms with Crippen LogP contribution in [-0.2, 0) is 34.1 Å². The van der Waals surface area contributed by atoms with E-state index in [0.717, 1.165) is 23.5 Å². The molecular formula is C31H39F2N4O9PS. The monoisotopic (exact) mass is 712 g/mol. The number of likely N-dealkylation sites (tertiary alicyclic amines) is 1. The summed E-state index contributed by atoms with van der Waals surface area (Å²) in [5, 5.41) is 2.99. The molecule has 2 aromatic rings. The number of nitrogens with one attached hydrogen (secondary N) is 1. The molecule has 262 valence electrons. The maximum Gasteiger partial charge on any atom is 0.399 e. The van der Waals surface area contributed by atoms with Gasteiger partial charge in [-0.25, -0.2) is 0 Å². The lowest BCUT2D eigenvalue weighted by Crippen LogP contribution is -2.63. The number of carbonyl (C=O) groups is 4. The van der Waals surface area contributed by atoms with E-state index in [9.17, 15) is 32.5 Å². The van der Waals surface area contributed by atoms with Crippen molar-refractivity contribution in [1.82, 2.24) is 20.0 Å². The summed E-state index contributed by atoms with van der Waals surface area (Å²) in [5.74, 6) is -1.52. The fourth-order valence-corrected chi connectivity index (χ4v) is 8.52. The number of rotatable bonds is 8. The molecule has 0 saturated carbocycles. The van der Waals surface area contributed by atoms with E-state index in [1.54, 1.807) is 14.7 Å². The first-order valence-corrected chi connectivity index (χ1v) is 18.6. The first-order valence-electron chi connectivity index (χ1n) is 16.2. The van der Waals surface area contributed by atoms with Gasteiger partial charge < -0.3 is 39.3 Å². The number of nitrogens with zero attached hydrogens (tertiary/aromatic N) is 3. The van der Waals surface area contributed by atoms with Crippen molar-refractivity contribution in [3.8, 4) is 0 Å². The number of morpholine rings is 1. The first-order chi connectivity index (χ1) is 22.8. The zero-order valence-electron chi connectivity index (χ0n) is 26.4. The van der Waals surface area contributed by atoms with Gasteiger partial charge in [0.1, 0.15) is 12.1 Å². The average Bonchev–Trinajstić information content (AvgIpc) is 3.65. The molecule has 4 amide bonds.